The van der Waals surface area contributed by atoms with Crippen LogP contribution in [0.3, 0.4) is 0 Å². The van der Waals surface area contributed by atoms with Crippen LogP contribution in [0, 0.1) is 0 Å². The van der Waals surface area contributed by atoms with Crippen LogP contribution in [0.5, 0.6) is 0 Å². The molecule has 0 N–H and O–H groups in total. The van der Waals surface area contributed by atoms with Gasteiger partial charge in [0.2, 0.25) is 0 Å². The van der Waals surface area contributed by atoms with Gasteiger partial charge in [0.05, 0.1) is 0 Å². The second kappa shape index (κ2) is 53.6. The van der Waals surface area contributed by atoms with Crippen LogP contribution in [0.2, 0.25) is 0 Å². The van der Waals surface area contributed by atoms with Gasteiger partial charge in [0, 0.05) is 19.3 Å². The average molecular weight is 927 g/mol. The molecule has 0 fully saturated rings. The molecule has 1 atom stereocenters. The number of carbonyl (C=O) groups excluding carboxylic acids is 3. The third kappa shape index (κ3) is 51.0. The highest BCUT2D eigenvalue weighted by Crippen LogP contribution is 2.11. The minimum absolute atomic E-state index is 0.149. The van der Waals surface area contributed by atoms with Gasteiger partial charge in [-0.25, -0.2) is 0 Å². The lowest BCUT2D eigenvalue weighted by Crippen LogP contribution is -2.30. The molecule has 0 aliphatic rings. The Morgan fingerprint density at radius 3 is 0.971 bits per heavy atom. The lowest BCUT2D eigenvalue weighted by atomic mass is 10.1. The fourth-order valence-electron chi connectivity index (χ4n) is 5.72. The number of allylic oxidation sites excluding steroid dienone is 34. The number of rotatable bonds is 41. The van der Waals surface area contributed by atoms with Gasteiger partial charge in [-0.1, -0.05) is 259 Å². The molecule has 6 heteroatoms. The lowest BCUT2D eigenvalue weighted by Gasteiger charge is -2.18. The SMILES string of the molecule is CC/C=C/C=C/C=C/C=C/C=C/C=C/C=C/CCCCCC(=O)OCC(COC(=O)CCC/C=C/C=C/C=C/C=C/C=C/CC)OC(=O)CCCCCCC/C=C/C=C/C=C/C=C/C=C/CCC. The zero-order chi connectivity index (χ0) is 49.3. The van der Waals surface area contributed by atoms with Crippen LogP contribution in [0.25, 0.3) is 0 Å². The first kappa shape index (κ1) is 62.0. The largest absolute Gasteiger partial charge is 0.462 e. The highest BCUT2D eigenvalue weighted by Gasteiger charge is 2.19. The molecule has 0 aromatic carbocycles. The molecular weight excluding hydrogens is 841 g/mol. The minimum Gasteiger partial charge on any atom is -0.462 e. The van der Waals surface area contributed by atoms with Crippen molar-refractivity contribution in [3.8, 4) is 0 Å². The number of esters is 3. The zero-order valence-corrected chi connectivity index (χ0v) is 42.0. The summed E-state index contributed by atoms with van der Waals surface area (Å²) >= 11 is 0. The summed E-state index contributed by atoms with van der Waals surface area (Å²) in [5.74, 6) is -1.11. The minimum atomic E-state index is -0.854. The summed E-state index contributed by atoms with van der Waals surface area (Å²) in [7, 11) is 0. The van der Waals surface area contributed by atoms with Gasteiger partial charge in [-0.2, -0.15) is 0 Å². The summed E-state index contributed by atoms with van der Waals surface area (Å²) in [5, 5.41) is 0. The number of hydrogen-bond donors (Lipinski definition) is 0. The van der Waals surface area contributed by atoms with Crippen LogP contribution in [0.15, 0.2) is 207 Å². The highest BCUT2D eigenvalue weighted by atomic mass is 16.6. The van der Waals surface area contributed by atoms with E-state index >= 15 is 0 Å². The van der Waals surface area contributed by atoms with Crippen molar-refractivity contribution in [3.05, 3.63) is 207 Å². The first-order chi connectivity index (χ1) is 33.5. The summed E-state index contributed by atoms with van der Waals surface area (Å²) < 4.78 is 16.7. The maximum atomic E-state index is 12.8. The molecule has 0 bridgehead atoms. The van der Waals surface area contributed by atoms with E-state index < -0.39 is 6.10 Å². The first-order valence-corrected chi connectivity index (χ1v) is 25.3. The summed E-state index contributed by atoms with van der Waals surface area (Å²) in [6.07, 6.45) is 83.7. The molecule has 0 rings (SSSR count). The van der Waals surface area contributed by atoms with Crippen molar-refractivity contribution >= 4 is 17.9 Å². The van der Waals surface area contributed by atoms with E-state index in [-0.39, 0.29) is 50.4 Å². The number of ether oxygens (including phenoxy) is 3. The van der Waals surface area contributed by atoms with Crippen molar-refractivity contribution in [1.29, 1.82) is 0 Å². The van der Waals surface area contributed by atoms with E-state index in [0.717, 1.165) is 77.0 Å². The fraction of sp³-hybridized carbons (Fsp3) is 0.403. The van der Waals surface area contributed by atoms with Crippen LogP contribution in [-0.2, 0) is 28.6 Å². The second-order valence-electron chi connectivity index (χ2n) is 15.7. The molecule has 370 valence electrons. The molecule has 0 heterocycles. The van der Waals surface area contributed by atoms with Gasteiger partial charge >= 0.3 is 17.9 Å². The van der Waals surface area contributed by atoms with Crippen LogP contribution in [0.4, 0.5) is 0 Å². The normalized spacial score (nSPS) is 13.9. The molecule has 0 aliphatic heterocycles. The molecule has 6 nitrogen and oxygen atoms in total. The molecule has 0 saturated heterocycles. The molecule has 68 heavy (non-hydrogen) atoms. The maximum absolute atomic E-state index is 12.8. The molecule has 0 aromatic heterocycles. The maximum Gasteiger partial charge on any atom is 0.306 e. The van der Waals surface area contributed by atoms with E-state index in [2.05, 4.69) is 63.3 Å². The van der Waals surface area contributed by atoms with Gasteiger partial charge < -0.3 is 14.2 Å². The number of unbranched alkanes of at least 4 members (excludes halogenated alkanes) is 10. The molecule has 0 amide bonds. The lowest BCUT2D eigenvalue weighted by molar-refractivity contribution is -0.167. The quantitative estimate of drug-likeness (QED) is 0.0263. The summed E-state index contributed by atoms with van der Waals surface area (Å²) in [4.78, 5) is 38.0. The first-order valence-electron chi connectivity index (χ1n) is 25.3. The van der Waals surface area contributed by atoms with E-state index in [1.165, 1.54) is 6.42 Å². The van der Waals surface area contributed by atoms with Gasteiger partial charge in [0.1, 0.15) is 13.2 Å². The third-order valence-corrected chi connectivity index (χ3v) is 9.43. The van der Waals surface area contributed by atoms with E-state index in [1.54, 1.807) is 0 Å². The van der Waals surface area contributed by atoms with Crippen LogP contribution in [-0.4, -0.2) is 37.2 Å². The Bertz CT molecular complexity index is 1780. The van der Waals surface area contributed by atoms with Crippen molar-refractivity contribution in [2.24, 2.45) is 0 Å². The van der Waals surface area contributed by atoms with Crippen molar-refractivity contribution in [2.45, 2.75) is 149 Å². The predicted molar refractivity (Wildman–Crippen MR) is 292 cm³/mol. The third-order valence-electron chi connectivity index (χ3n) is 9.43. The molecule has 0 radical (unpaired) electrons. The molecule has 0 saturated carbocycles. The smallest absolute Gasteiger partial charge is 0.306 e. The predicted octanol–water partition coefficient (Wildman–Crippen LogP) is 16.9. The molecule has 1 unspecified atom stereocenters. The molecule has 0 aromatic rings. The zero-order valence-electron chi connectivity index (χ0n) is 42.0. The Labute approximate surface area is 413 Å². The van der Waals surface area contributed by atoms with Crippen molar-refractivity contribution in [2.75, 3.05) is 13.2 Å². The van der Waals surface area contributed by atoms with Crippen LogP contribution < -0.4 is 0 Å². The highest BCUT2D eigenvalue weighted by molar-refractivity contribution is 5.71. The van der Waals surface area contributed by atoms with Crippen LogP contribution in [0.1, 0.15) is 143 Å². The Kier molecular flexibility index (Phi) is 48.9. The second-order valence-corrected chi connectivity index (χ2v) is 15.7. The summed E-state index contributed by atoms with van der Waals surface area (Å²) in [6.45, 7) is 6.08. The standard InChI is InChI=1S/C62H86O6/c1-4-7-10-13-16-19-22-25-27-29-31-33-34-37-40-43-46-49-52-55-61(64)67-58-59(57-66-60(63)54-51-48-45-42-39-36-24-21-18-15-12-9-6-3)68-62(65)56-53-50-47-44-41-38-35-32-30-28-26-23-20-17-14-11-8-5-2/h7,9-37,39-40,42,45,59H,4-6,8,38,41,43-44,46-58H2,1-3H3/b10-7+,12-9+,14-11+,16-13+,18-15+,20-17+,22-19+,24-21+,26-23+,27-25+,30-28+,31-29+,34-33+,35-32+,39-36+,40-37+,45-42+. The van der Waals surface area contributed by atoms with E-state index in [9.17, 15) is 14.4 Å². The van der Waals surface area contributed by atoms with Crippen molar-refractivity contribution in [1.82, 2.24) is 0 Å². The van der Waals surface area contributed by atoms with Crippen LogP contribution >= 0.6 is 0 Å². The topological polar surface area (TPSA) is 78.9 Å². The molecule has 0 spiro atoms. The van der Waals surface area contributed by atoms with Crippen molar-refractivity contribution in [3.63, 3.8) is 0 Å². The average Bonchev–Trinajstić information content (AvgIpc) is 3.34. The summed E-state index contributed by atoms with van der Waals surface area (Å²) in [6, 6.07) is 0. The summed E-state index contributed by atoms with van der Waals surface area (Å²) in [5.41, 5.74) is 0. The fourth-order valence-corrected chi connectivity index (χ4v) is 5.72. The van der Waals surface area contributed by atoms with Gasteiger partial charge in [-0.05, 0) is 70.6 Å². The Hall–Kier alpha value is -6.01. The van der Waals surface area contributed by atoms with Gasteiger partial charge in [-0.15, -0.1) is 0 Å². The Morgan fingerprint density at radius 1 is 0.309 bits per heavy atom. The Morgan fingerprint density at radius 2 is 0.588 bits per heavy atom. The Balaban J connectivity index is 4.70. The monoisotopic (exact) mass is 927 g/mol. The van der Waals surface area contributed by atoms with E-state index in [0.29, 0.717) is 19.3 Å². The molecule has 0 aliphatic carbocycles. The van der Waals surface area contributed by atoms with Crippen molar-refractivity contribution < 1.29 is 28.6 Å². The number of hydrogen-bond acceptors (Lipinski definition) is 6. The number of carbonyl (C=O) groups is 3. The van der Waals surface area contributed by atoms with Gasteiger partial charge in [-0.3, -0.25) is 14.4 Å². The molecular formula is C62H86O6. The van der Waals surface area contributed by atoms with Gasteiger partial charge in [0.15, 0.2) is 6.10 Å². The van der Waals surface area contributed by atoms with E-state index in [4.69, 9.17) is 14.2 Å². The van der Waals surface area contributed by atoms with Gasteiger partial charge in [0.25, 0.3) is 0 Å². The van der Waals surface area contributed by atoms with E-state index in [1.807, 2.05) is 164 Å².